The molecule has 0 aliphatic heterocycles. The molecule has 0 N–H and O–H groups in total. The van der Waals surface area contributed by atoms with Gasteiger partial charge in [0.25, 0.3) is 0 Å². The van der Waals surface area contributed by atoms with Crippen LogP contribution in [0.15, 0.2) is 24.3 Å². The van der Waals surface area contributed by atoms with Crippen LogP contribution in [0.1, 0.15) is 114 Å². The van der Waals surface area contributed by atoms with Crippen LogP contribution in [0.3, 0.4) is 0 Å². The van der Waals surface area contributed by atoms with E-state index in [4.69, 9.17) is 0 Å². The van der Waals surface area contributed by atoms with Crippen molar-refractivity contribution in [2.45, 2.75) is 115 Å². The fourth-order valence-corrected chi connectivity index (χ4v) is 6.98. The van der Waals surface area contributed by atoms with E-state index in [0.29, 0.717) is 5.92 Å². The molecule has 0 aromatic heterocycles. The molecule has 0 atom stereocenters. The zero-order valence-electron chi connectivity index (χ0n) is 19.6. The van der Waals surface area contributed by atoms with Gasteiger partial charge in [-0.25, -0.2) is 0 Å². The van der Waals surface area contributed by atoms with Crippen molar-refractivity contribution < 1.29 is 17.9 Å². The topological polar surface area (TPSA) is 9.23 Å². The van der Waals surface area contributed by atoms with Crippen LogP contribution in [0.4, 0.5) is 13.2 Å². The Morgan fingerprint density at radius 3 is 1.69 bits per heavy atom. The lowest BCUT2D eigenvalue weighted by atomic mass is 9.68. The maximum Gasteiger partial charge on any atom is 0.573 e. The highest BCUT2D eigenvalue weighted by Crippen LogP contribution is 2.45. The van der Waals surface area contributed by atoms with Crippen molar-refractivity contribution in [3.8, 4) is 5.75 Å². The maximum atomic E-state index is 12.4. The number of unbranched alkanes of at least 4 members (excludes halogenated alkanes) is 1. The number of halogens is 3. The molecule has 0 amide bonds. The van der Waals surface area contributed by atoms with E-state index in [1.54, 1.807) is 0 Å². The minimum Gasteiger partial charge on any atom is -0.406 e. The summed E-state index contributed by atoms with van der Waals surface area (Å²) < 4.78 is 41.1. The molecular weight excluding hydrogens is 409 g/mol. The van der Waals surface area contributed by atoms with Gasteiger partial charge in [-0.15, -0.1) is 13.2 Å². The zero-order chi connectivity index (χ0) is 22.4. The third-order valence-corrected chi connectivity index (χ3v) is 8.86. The monoisotopic (exact) mass is 450 g/mol. The van der Waals surface area contributed by atoms with E-state index in [2.05, 4.69) is 4.74 Å². The highest BCUT2D eigenvalue weighted by Gasteiger charge is 2.32. The molecule has 1 aromatic rings. The summed E-state index contributed by atoms with van der Waals surface area (Å²) in [4.78, 5) is 0. The summed E-state index contributed by atoms with van der Waals surface area (Å²) in [6, 6.07) is 6.57. The van der Waals surface area contributed by atoms with Crippen LogP contribution in [0, 0.1) is 23.7 Å². The Balaban J connectivity index is 1.12. The molecule has 4 rings (SSSR count). The molecule has 3 fully saturated rings. The Labute approximate surface area is 192 Å². The molecule has 4 heteroatoms. The standard InChI is InChI=1S/C28H41F3O/c29-28(30,31)32-27-19-17-26(18-20-27)25-15-13-24(14-16-25)23-11-9-22(10-12-23)8-4-3-7-21-5-1-2-6-21/h17-25H,1-16H2. The first-order chi connectivity index (χ1) is 15.5. The van der Waals surface area contributed by atoms with Crippen LogP contribution in [-0.4, -0.2) is 6.36 Å². The third-order valence-electron chi connectivity index (χ3n) is 8.86. The van der Waals surface area contributed by atoms with Gasteiger partial charge in [-0.1, -0.05) is 76.3 Å². The summed E-state index contributed by atoms with van der Waals surface area (Å²) in [6.45, 7) is 0. The second-order valence-electron chi connectivity index (χ2n) is 10.9. The van der Waals surface area contributed by atoms with Crippen molar-refractivity contribution in [1.29, 1.82) is 0 Å². The van der Waals surface area contributed by atoms with E-state index in [1.807, 2.05) is 12.1 Å². The molecule has 3 saturated carbocycles. The average molecular weight is 451 g/mol. The van der Waals surface area contributed by atoms with Crippen molar-refractivity contribution in [2.75, 3.05) is 0 Å². The number of hydrogen-bond donors (Lipinski definition) is 0. The predicted octanol–water partition coefficient (Wildman–Crippen LogP) is 9.42. The number of ether oxygens (including phenoxy) is 1. The Morgan fingerprint density at radius 1 is 0.656 bits per heavy atom. The van der Waals surface area contributed by atoms with Gasteiger partial charge >= 0.3 is 6.36 Å². The van der Waals surface area contributed by atoms with Crippen molar-refractivity contribution >= 4 is 0 Å². The summed E-state index contributed by atoms with van der Waals surface area (Å²) >= 11 is 0. The lowest BCUT2D eigenvalue weighted by Gasteiger charge is -2.38. The zero-order valence-corrected chi connectivity index (χ0v) is 19.6. The molecule has 0 heterocycles. The van der Waals surface area contributed by atoms with Gasteiger partial charge in [0.1, 0.15) is 5.75 Å². The van der Waals surface area contributed by atoms with Crippen molar-refractivity contribution in [3.63, 3.8) is 0 Å². The highest BCUT2D eigenvalue weighted by atomic mass is 19.4. The normalized spacial score (nSPS) is 29.8. The lowest BCUT2D eigenvalue weighted by Crippen LogP contribution is -2.25. The average Bonchev–Trinajstić information content (AvgIpc) is 3.30. The van der Waals surface area contributed by atoms with Gasteiger partial charge in [-0.05, 0) is 85.8 Å². The fraction of sp³-hybridized carbons (Fsp3) is 0.786. The molecule has 1 nitrogen and oxygen atoms in total. The molecule has 0 spiro atoms. The largest absolute Gasteiger partial charge is 0.573 e. The molecule has 32 heavy (non-hydrogen) atoms. The molecule has 3 aliphatic carbocycles. The van der Waals surface area contributed by atoms with Crippen LogP contribution in [-0.2, 0) is 0 Å². The summed E-state index contributed by atoms with van der Waals surface area (Å²) in [7, 11) is 0. The summed E-state index contributed by atoms with van der Waals surface area (Å²) in [5.74, 6) is 4.17. The number of hydrogen-bond acceptors (Lipinski definition) is 1. The summed E-state index contributed by atoms with van der Waals surface area (Å²) in [5, 5.41) is 0. The molecule has 0 saturated heterocycles. The molecule has 1 aromatic carbocycles. The second-order valence-corrected chi connectivity index (χ2v) is 10.9. The minimum atomic E-state index is -4.62. The summed E-state index contributed by atoms with van der Waals surface area (Å²) in [5.41, 5.74) is 1.17. The molecule has 0 radical (unpaired) electrons. The van der Waals surface area contributed by atoms with E-state index in [1.165, 1.54) is 120 Å². The SMILES string of the molecule is FC(F)(F)Oc1ccc(C2CCC(C3CCC(CCCCC4CCCC4)CC3)CC2)cc1. The maximum absolute atomic E-state index is 12.4. The first-order valence-electron chi connectivity index (χ1n) is 13.3. The van der Waals surface area contributed by atoms with Crippen molar-refractivity contribution in [2.24, 2.45) is 23.7 Å². The van der Waals surface area contributed by atoms with Gasteiger partial charge in [-0.2, -0.15) is 0 Å². The van der Waals surface area contributed by atoms with Crippen LogP contribution in [0.25, 0.3) is 0 Å². The van der Waals surface area contributed by atoms with Gasteiger partial charge in [0.05, 0.1) is 0 Å². The van der Waals surface area contributed by atoms with E-state index in [9.17, 15) is 13.2 Å². The predicted molar refractivity (Wildman–Crippen MR) is 124 cm³/mol. The number of rotatable bonds is 8. The van der Waals surface area contributed by atoms with Crippen LogP contribution in [0.5, 0.6) is 5.75 Å². The minimum absolute atomic E-state index is 0.120. The van der Waals surface area contributed by atoms with Gasteiger partial charge in [-0.3, -0.25) is 0 Å². The van der Waals surface area contributed by atoms with Gasteiger partial charge in [0.15, 0.2) is 0 Å². The Hall–Kier alpha value is -1.19. The van der Waals surface area contributed by atoms with Gasteiger partial charge in [0.2, 0.25) is 0 Å². The Morgan fingerprint density at radius 2 is 1.16 bits per heavy atom. The Bertz CT molecular complexity index is 661. The third kappa shape index (κ3) is 7.15. The lowest BCUT2D eigenvalue weighted by molar-refractivity contribution is -0.274. The van der Waals surface area contributed by atoms with Crippen LogP contribution < -0.4 is 4.74 Å². The molecular formula is C28H41F3O. The van der Waals surface area contributed by atoms with Crippen LogP contribution >= 0.6 is 0 Å². The first-order valence-corrected chi connectivity index (χ1v) is 13.3. The van der Waals surface area contributed by atoms with Gasteiger partial charge < -0.3 is 4.74 Å². The first kappa shape index (κ1) is 24.0. The quantitative estimate of drug-likeness (QED) is 0.358. The molecule has 180 valence electrons. The van der Waals surface area contributed by atoms with Crippen molar-refractivity contribution in [1.82, 2.24) is 0 Å². The van der Waals surface area contributed by atoms with E-state index in [-0.39, 0.29) is 5.75 Å². The Kier molecular flexibility index (Phi) is 8.45. The molecule has 0 bridgehead atoms. The van der Waals surface area contributed by atoms with E-state index in [0.717, 1.165) is 23.7 Å². The molecule has 0 unspecified atom stereocenters. The summed E-state index contributed by atoms with van der Waals surface area (Å²) in [6.07, 6.45) is 17.8. The fourth-order valence-electron chi connectivity index (χ4n) is 6.98. The number of alkyl halides is 3. The number of benzene rings is 1. The van der Waals surface area contributed by atoms with Gasteiger partial charge in [0, 0.05) is 0 Å². The highest BCUT2D eigenvalue weighted by molar-refractivity contribution is 5.29. The molecule has 3 aliphatic rings. The second kappa shape index (κ2) is 11.3. The van der Waals surface area contributed by atoms with E-state index < -0.39 is 6.36 Å². The van der Waals surface area contributed by atoms with Crippen molar-refractivity contribution in [3.05, 3.63) is 29.8 Å². The van der Waals surface area contributed by atoms with E-state index >= 15 is 0 Å². The smallest absolute Gasteiger partial charge is 0.406 e. The van der Waals surface area contributed by atoms with Crippen LogP contribution in [0.2, 0.25) is 0 Å².